The summed E-state index contributed by atoms with van der Waals surface area (Å²) in [5, 5.41) is 14.9. The van der Waals surface area contributed by atoms with Gasteiger partial charge < -0.3 is 9.47 Å². The van der Waals surface area contributed by atoms with Gasteiger partial charge in [0.25, 0.3) is 11.6 Å². The van der Waals surface area contributed by atoms with Crippen LogP contribution < -0.4 is 10.2 Å². The van der Waals surface area contributed by atoms with E-state index in [-0.39, 0.29) is 24.7 Å². The number of benzene rings is 2. The van der Waals surface area contributed by atoms with Crippen LogP contribution in [0.15, 0.2) is 50.4 Å². The minimum Gasteiger partial charge on any atom is -0.487 e. The molecule has 0 bridgehead atoms. The van der Waals surface area contributed by atoms with Crippen LogP contribution in [0, 0.1) is 10.1 Å². The number of nitro benzene ring substituents is 1. The number of morpholine rings is 1. The lowest BCUT2D eigenvalue weighted by Crippen LogP contribution is -2.42. The molecule has 164 valence electrons. The van der Waals surface area contributed by atoms with Gasteiger partial charge in [0, 0.05) is 25.2 Å². The Balaban J connectivity index is 1.56. The van der Waals surface area contributed by atoms with Gasteiger partial charge in [-0.05, 0) is 55.1 Å². The minimum absolute atomic E-state index is 0.0152. The van der Waals surface area contributed by atoms with E-state index in [1.807, 2.05) is 4.90 Å². The van der Waals surface area contributed by atoms with Gasteiger partial charge in [0.15, 0.2) is 0 Å². The smallest absolute Gasteiger partial charge is 0.269 e. The first-order chi connectivity index (χ1) is 14.9. The molecule has 1 aliphatic rings. The minimum atomic E-state index is -0.441. The summed E-state index contributed by atoms with van der Waals surface area (Å²) < 4.78 is 12.4. The molecule has 2 aromatic carbocycles. The van der Waals surface area contributed by atoms with Crippen LogP contribution in [0.1, 0.15) is 11.1 Å². The zero-order chi connectivity index (χ0) is 22.2. The van der Waals surface area contributed by atoms with E-state index in [1.165, 1.54) is 18.3 Å². The number of nitro groups is 1. The van der Waals surface area contributed by atoms with Gasteiger partial charge in [0.1, 0.15) is 12.4 Å². The molecule has 11 heteroatoms. The number of non-ortho nitro benzene ring substituents is 1. The summed E-state index contributed by atoms with van der Waals surface area (Å²) in [6, 6.07) is 9.88. The molecule has 1 amide bonds. The molecule has 0 unspecified atom stereocenters. The van der Waals surface area contributed by atoms with Crippen molar-refractivity contribution < 1.29 is 19.2 Å². The molecule has 2 aromatic rings. The van der Waals surface area contributed by atoms with Crippen molar-refractivity contribution in [1.29, 1.82) is 0 Å². The highest BCUT2D eigenvalue weighted by atomic mass is 79.9. The van der Waals surface area contributed by atoms with E-state index >= 15 is 0 Å². The van der Waals surface area contributed by atoms with Gasteiger partial charge >= 0.3 is 0 Å². The lowest BCUT2D eigenvalue weighted by Gasteiger charge is -2.25. The normalized spacial score (nSPS) is 14.5. The molecular weight excluding hydrogens is 536 g/mol. The van der Waals surface area contributed by atoms with Gasteiger partial charge in [-0.3, -0.25) is 19.8 Å². The Hall–Kier alpha value is -2.34. The number of nitrogens with zero attached hydrogens (tertiary/aromatic N) is 3. The monoisotopic (exact) mass is 554 g/mol. The van der Waals surface area contributed by atoms with Gasteiger partial charge in [-0.25, -0.2) is 5.43 Å². The van der Waals surface area contributed by atoms with Crippen molar-refractivity contribution in [3.05, 3.63) is 66.6 Å². The molecule has 0 atom stereocenters. The molecule has 1 heterocycles. The van der Waals surface area contributed by atoms with Crippen molar-refractivity contribution in [3.8, 4) is 5.75 Å². The number of carbonyl (C=O) groups is 1. The predicted octanol–water partition coefficient (Wildman–Crippen LogP) is 3.48. The standard InChI is InChI=1S/C20H20Br2N4O5/c21-17-9-15(11-23-24-19(27)12-25-4-6-30-7-5-25)10-18(22)20(17)31-13-14-2-1-3-16(8-14)26(28)29/h1-3,8-11H,4-7,12-13H2,(H,24,27)/b23-11+. The first-order valence-electron chi connectivity index (χ1n) is 9.39. The predicted molar refractivity (Wildman–Crippen MR) is 122 cm³/mol. The lowest BCUT2D eigenvalue weighted by molar-refractivity contribution is -0.384. The maximum atomic E-state index is 12.0. The largest absolute Gasteiger partial charge is 0.487 e. The molecule has 1 N–H and O–H groups in total. The summed E-state index contributed by atoms with van der Waals surface area (Å²) in [6.07, 6.45) is 1.54. The number of ether oxygens (including phenoxy) is 2. The van der Waals surface area contributed by atoms with E-state index in [4.69, 9.17) is 9.47 Å². The Morgan fingerprint density at radius 1 is 1.26 bits per heavy atom. The van der Waals surface area contributed by atoms with Crippen LogP contribution in [0.3, 0.4) is 0 Å². The maximum Gasteiger partial charge on any atom is 0.269 e. The second-order valence-corrected chi connectivity index (χ2v) is 8.42. The van der Waals surface area contributed by atoms with Crippen LogP contribution in [0.25, 0.3) is 0 Å². The molecule has 0 aliphatic carbocycles. The van der Waals surface area contributed by atoms with Crippen LogP contribution in [0.4, 0.5) is 5.69 Å². The van der Waals surface area contributed by atoms with Crippen molar-refractivity contribution in [3.63, 3.8) is 0 Å². The topological polar surface area (TPSA) is 106 Å². The van der Waals surface area contributed by atoms with Crippen molar-refractivity contribution >= 4 is 49.7 Å². The Bertz CT molecular complexity index is 957. The number of hydrogen-bond donors (Lipinski definition) is 1. The van der Waals surface area contributed by atoms with E-state index in [2.05, 4.69) is 42.4 Å². The molecule has 1 fully saturated rings. The fraction of sp³-hybridized carbons (Fsp3) is 0.300. The quantitative estimate of drug-likeness (QED) is 0.303. The molecule has 0 spiro atoms. The number of amides is 1. The van der Waals surface area contributed by atoms with Gasteiger partial charge in [-0.15, -0.1) is 0 Å². The van der Waals surface area contributed by atoms with Crippen LogP contribution in [-0.2, 0) is 16.1 Å². The fourth-order valence-electron chi connectivity index (χ4n) is 2.88. The van der Waals surface area contributed by atoms with E-state index in [0.29, 0.717) is 33.5 Å². The van der Waals surface area contributed by atoms with Crippen LogP contribution >= 0.6 is 31.9 Å². The highest BCUT2D eigenvalue weighted by molar-refractivity contribution is 9.11. The van der Waals surface area contributed by atoms with Gasteiger partial charge in [0.2, 0.25) is 0 Å². The fourth-order valence-corrected chi connectivity index (χ4v) is 4.33. The summed E-state index contributed by atoms with van der Waals surface area (Å²) in [5.41, 5.74) is 3.97. The Kier molecular flexibility index (Phi) is 8.52. The number of hydrazone groups is 1. The molecule has 0 radical (unpaired) electrons. The second-order valence-electron chi connectivity index (χ2n) is 6.71. The molecule has 31 heavy (non-hydrogen) atoms. The van der Waals surface area contributed by atoms with Crippen LogP contribution in [0.2, 0.25) is 0 Å². The average molecular weight is 556 g/mol. The number of hydrogen-bond acceptors (Lipinski definition) is 7. The van der Waals surface area contributed by atoms with E-state index < -0.39 is 4.92 Å². The molecule has 0 aromatic heterocycles. The van der Waals surface area contributed by atoms with Crippen LogP contribution in [-0.4, -0.2) is 54.8 Å². The number of nitrogens with one attached hydrogen (secondary N) is 1. The third kappa shape index (κ3) is 7.10. The van der Waals surface area contributed by atoms with Gasteiger partial charge in [-0.2, -0.15) is 5.10 Å². The van der Waals surface area contributed by atoms with E-state index in [1.54, 1.807) is 24.3 Å². The first-order valence-corrected chi connectivity index (χ1v) is 11.0. The van der Waals surface area contributed by atoms with Crippen molar-refractivity contribution in [2.24, 2.45) is 5.10 Å². The number of halogens is 2. The van der Waals surface area contributed by atoms with E-state index in [0.717, 1.165) is 18.7 Å². The van der Waals surface area contributed by atoms with Gasteiger partial charge in [0.05, 0.1) is 39.8 Å². The molecule has 1 saturated heterocycles. The van der Waals surface area contributed by atoms with Gasteiger partial charge in [-0.1, -0.05) is 12.1 Å². The Morgan fingerprint density at radius 3 is 2.65 bits per heavy atom. The number of carbonyl (C=O) groups excluding carboxylic acids is 1. The Labute approximate surface area is 195 Å². The summed E-state index contributed by atoms with van der Waals surface area (Å²) >= 11 is 6.93. The average Bonchev–Trinajstić information content (AvgIpc) is 2.74. The van der Waals surface area contributed by atoms with Crippen LogP contribution in [0.5, 0.6) is 5.75 Å². The third-order valence-corrected chi connectivity index (χ3v) is 5.58. The zero-order valence-electron chi connectivity index (χ0n) is 16.4. The molecule has 3 rings (SSSR count). The molecule has 9 nitrogen and oxygen atoms in total. The summed E-state index contributed by atoms with van der Waals surface area (Å²) in [4.78, 5) is 24.5. The highest BCUT2D eigenvalue weighted by Gasteiger charge is 2.14. The zero-order valence-corrected chi connectivity index (χ0v) is 19.6. The van der Waals surface area contributed by atoms with Crippen molar-refractivity contribution in [1.82, 2.24) is 10.3 Å². The Morgan fingerprint density at radius 2 is 1.97 bits per heavy atom. The maximum absolute atomic E-state index is 12.0. The van der Waals surface area contributed by atoms with E-state index in [9.17, 15) is 14.9 Å². The SMILES string of the molecule is O=C(CN1CCOCC1)N/N=C/c1cc(Br)c(OCc2cccc([N+](=O)[O-])c2)c(Br)c1. The first kappa shape index (κ1) is 23.3. The summed E-state index contributed by atoms with van der Waals surface area (Å²) in [7, 11) is 0. The number of rotatable bonds is 8. The second kappa shape index (κ2) is 11.3. The molecule has 0 saturated carbocycles. The molecule has 1 aliphatic heterocycles. The third-order valence-electron chi connectivity index (χ3n) is 4.40. The van der Waals surface area contributed by atoms with Crippen molar-refractivity contribution in [2.45, 2.75) is 6.61 Å². The lowest BCUT2D eigenvalue weighted by atomic mass is 10.2. The summed E-state index contributed by atoms with van der Waals surface area (Å²) in [5.74, 6) is 0.369. The highest BCUT2D eigenvalue weighted by Crippen LogP contribution is 2.35. The van der Waals surface area contributed by atoms with Crippen molar-refractivity contribution in [2.75, 3.05) is 32.8 Å². The summed E-state index contributed by atoms with van der Waals surface area (Å²) in [6.45, 7) is 3.18. The molecular formula is C20H20Br2N4O5.